The molecular weight excluding hydrogens is 331 g/mol. The Labute approximate surface area is 145 Å². The molecule has 1 N–H and O–H groups in total. The molecule has 0 radical (unpaired) electrons. The molecule has 23 heavy (non-hydrogen) atoms. The number of rotatable bonds is 4. The van der Waals surface area contributed by atoms with Gasteiger partial charge in [-0.3, -0.25) is 0 Å². The topological polar surface area (TPSA) is 42.7 Å². The Morgan fingerprint density at radius 3 is 2.48 bits per heavy atom. The monoisotopic (exact) mass is 346 g/mol. The van der Waals surface area contributed by atoms with E-state index in [1.54, 1.807) is 12.4 Å². The minimum absolute atomic E-state index is 0.315. The Kier molecular flexibility index (Phi) is 4.55. The van der Waals surface area contributed by atoms with Crippen LogP contribution in [0.3, 0.4) is 0 Å². The van der Waals surface area contributed by atoms with Crippen molar-refractivity contribution in [3.05, 3.63) is 64.8 Å². The second-order valence-electron chi connectivity index (χ2n) is 5.47. The lowest BCUT2D eigenvalue weighted by atomic mass is 10.2. The third-order valence-corrected chi connectivity index (χ3v) is 3.94. The summed E-state index contributed by atoms with van der Waals surface area (Å²) < 4.78 is 2.00. The highest BCUT2D eigenvalue weighted by Gasteiger charge is 2.11. The van der Waals surface area contributed by atoms with E-state index in [9.17, 15) is 0 Å². The van der Waals surface area contributed by atoms with Gasteiger partial charge in [0, 0.05) is 29.0 Å². The minimum Gasteiger partial charge on any atom is -0.339 e. The van der Waals surface area contributed by atoms with Gasteiger partial charge in [0.2, 0.25) is 0 Å². The average molecular weight is 347 g/mol. The van der Waals surface area contributed by atoms with E-state index in [1.165, 1.54) is 0 Å². The predicted molar refractivity (Wildman–Crippen MR) is 95.2 cm³/mol. The molecule has 0 bridgehead atoms. The van der Waals surface area contributed by atoms with Crippen molar-refractivity contribution in [1.82, 2.24) is 14.5 Å². The Morgan fingerprint density at radius 2 is 1.83 bits per heavy atom. The van der Waals surface area contributed by atoms with E-state index < -0.39 is 0 Å². The molecule has 2 aromatic heterocycles. The van der Waals surface area contributed by atoms with Crippen molar-refractivity contribution >= 4 is 34.7 Å². The first kappa shape index (κ1) is 15.8. The second kappa shape index (κ2) is 6.60. The normalized spacial score (nSPS) is 11.0. The molecule has 0 unspecified atom stereocenters. The lowest BCUT2D eigenvalue weighted by Crippen LogP contribution is -2.04. The summed E-state index contributed by atoms with van der Waals surface area (Å²) in [4.78, 5) is 8.81. The summed E-state index contributed by atoms with van der Waals surface area (Å²) in [6.45, 7) is 4.20. The second-order valence-corrected chi connectivity index (χ2v) is 6.31. The molecule has 4 nitrogen and oxygen atoms in total. The summed E-state index contributed by atoms with van der Waals surface area (Å²) in [5.74, 6) is 1.89. The first-order valence-electron chi connectivity index (χ1n) is 7.26. The summed E-state index contributed by atoms with van der Waals surface area (Å²) in [5.41, 5.74) is 1.76. The summed E-state index contributed by atoms with van der Waals surface area (Å²) in [5, 5.41) is 4.41. The van der Waals surface area contributed by atoms with Crippen LogP contribution in [-0.2, 0) is 0 Å². The fourth-order valence-electron chi connectivity index (χ4n) is 2.28. The molecule has 0 atom stereocenters. The van der Waals surface area contributed by atoms with Gasteiger partial charge in [-0.2, -0.15) is 0 Å². The number of aromatic nitrogens is 3. The zero-order valence-corrected chi connectivity index (χ0v) is 14.3. The van der Waals surface area contributed by atoms with Gasteiger partial charge in [-0.1, -0.05) is 37.0 Å². The smallest absolute Gasteiger partial charge is 0.149 e. The zero-order valence-electron chi connectivity index (χ0n) is 12.8. The summed E-state index contributed by atoms with van der Waals surface area (Å²) >= 11 is 12.3. The quantitative estimate of drug-likeness (QED) is 0.683. The highest BCUT2D eigenvalue weighted by atomic mass is 35.5. The molecule has 6 heteroatoms. The predicted octanol–water partition coefficient (Wildman–Crippen LogP) is 5.44. The van der Waals surface area contributed by atoms with Crippen LogP contribution in [0.5, 0.6) is 0 Å². The van der Waals surface area contributed by atoms with Crippen LogP contribution in [-0.4, -0.2) is 14.5 Å². The third kappa shape index (κ3) is 3.49. The van der Waals surface area contributed by atoms with Gasteiger partial charge in [0.15, 0.2) is 0 Å². The Morgan fingerprint density at radius 1 is 1.09 bits per heavy atom. The maximum atomic E-state index is 6.37. The fraction of sp³-hybridized carbons (Fsp3) is 0.176. The Balaban J connectivity index is 1.88. The molecule has 3 aromatic rings. The van der Waals surface area contributed by atoms with Gasteiger partial charge in [0.25, 0.3) is 0 Å². The number of nitrogens with one attached hydrogen (secondary N) is 1. The van der Waals surface area contributed by atoms with Crippen molar-refractivity contribution in [2.75, 3.05) is 5.32 Å². The molecule has 0 fully saturated rings. The highest BCUT2D eigenvalue weighted by molar-refractivity contribution is 6.33. The van der Waals surface area contributed by atoms with Gasteiger partial charge in [0.05, 0.1) is 16.9 Å². The van der Waals surface area contributed by atoms with E-state index in [1.807, 2.05) is 41.1 Å². The number of hydrogen-bond acceptors (Lipinski definition) is 3. The molecule has 1 aromatic carbocycles. The van der Waals surface area contributed by atoms with Crippen LogP contribution in [0.1, 0.15) is 25.6 Å². The summed E-state index contributed by atoms with van der Waals surface area (Å²) in [6.07, 6.45) is 5.47. The summed E-state index contributed by atoms with van der Waals surface area (Å²) in [7, 11) is 0. The highest BCUT2D eigenvalue weighted by Crippen LogP contribution is 2.27. The molecule has 3 rings (SSSR count). The van der Waals surface area contributed by atoms with Gasteiger partial charge < -0.3 is 9.88 Å². The van der Waals surface area contributed by atoms with Crippen molar-refractivity contribution in [2.24, 2.45) is 0 Å². The molecule has 0 aliphatic heterocycles. The molecule has 0 aliphatic rings. The molecule has 0 saturated heterocycles. The fourth-order valence-corrected chi connectivity index (χ4v) is 2.62. The van der Waals surface area contributed by atoms with Crippen LogP contribution in [0, 0.1) is 0 Å². The number of anilines is 2. The number of halogens is 2. The van der Waals surface area contributed by atoms with Crippen molar-refractivity contribution in [1.29, 1.82) is 0 Å². The van der Waals surface area contributed by atoms with E-state index >= 15 is 0 Å². The van der Waals surface area contributed by atoms with Crippen LogP contribution >= 0.6 is 23.2 Å². The number of imidazole rings is 1. The van der Waals surface area contributed by atoms with Crippen molar-refractivity contribution in [3.63, 3.8) is 0 Å². The van der Waals surface area contributed by atoms with Gasteiger partial charge >= 0.3 is 0 Å². The molecule has 118 valence electrons. The van der Waals surface area contributed by atoms with Crippen LogP contribution in [0.2, 0.25) is 10.0 Å². The molecular formula is C17H16Cl2N4. The molecule has 0 aliphatic carbocycles. The molecule has 0 spiro atoms. The first-order valence-corrected chi connectivity index (χ1v) is 8.02. The van der Waals surface area contributed by atoms with E-state index in [-0.39, 0.29) is 0 Å². The lowest BCUT2D eigenvalue weighted by Gasteiger charge is -2.12. The van der Waals surface area contributed by atoms with Gasteiger partial charge in [0.1, 0.15) is 11.6 Å². The molecule has 0 saturated carbocycles. The molecule has 2 heterocycles. The minimum atomic E-state index is 0.315. The third-order valence-electron chi connectivity index (χ3n) is 3.40. The van der Waals surface area contributed by atoms with E-state index in [0.717, 1.165) is 17.2 Å². The maximum absolute atomic E-state index is 6.37. The van der Waals surface area contributed by atoms with E-state index in [0.29, 0.717) is 21.8 Å². The molecule has 0 amide bonds. The Hall–Kier alpha value is -2.04. The van der Waals surface area contributed by atoms with Crippen LogP contribution in [0.25, 0.3) is 5.69 Å². The largest absolute Gasteiger partial charge is 0.339 e. The summed E-state index contributed by atoms with van der Waals surface area (Å²) in [6, 6.07) is 9.25. The first-order chi connectivity index (χ1) is 11.0. The van der Waals surface area contributed by atoms with Crippen LogP contribution in [0.15, 0.2) is 48.9 Å². The average Bonchev–Trinajstić information content (AvgIpc) is 3.01. The van der Waals surface area contributed by atoms with Crippen molar-refractivity contribution in [2.45, 2.75) is 19.8 Å². The number of nitrogens with zero attached hydrogens (tertiary/aromatic N) is 3. The number of pyridine rings is 1. The van der Waals surface area contributed by atoms with Gasteiger partial charge in [-0.15, -0.1) is 0 Å². The number of hydrogen-bond donors (Lipinski definition) is 1. The number of benzene rings is 1. The van der Waals surface area contributed by atoms with Gasteiger partial charge in [-0.05, 0) is 30.3 Å². The van der Waals surface area contributed by atoms with Crippen molar-refractivity contribution in [3.8, 4) is 5.69 Å². The van der Waals surface area contributed by atoms with E-state index in [4.69, 9.17) is 23.2 Å². The SMILES string of the molecule is CC(C)c1nccn1-c1cnc(Nc2ccc(Cl)cc2)c(Cl)c1. The zero-order chi connectivity index (χ0) is 16.4. The van der Waals surface area contributed by atoms with Gasteiger partial charge in [-0.25, -0.2) is 9.97 Å². The standard InChI is InChI=1S/C17H16Cl2N4/c1-11(2)17-20-7-8-23(17)14-9-15(19)16(21-10-14)22-13-5-3-12(18)4-6-13/h3-11H,1-2H3,(H,21,22). The van der Waals surface area contributed by atoms with Crippen LogP contribution < -0.4 is 5.32 Å². The van der Waals surface area contributed by atoms with E-state index in [2.05, 4.69) is 29.1 Å². The maximum Gasteiger partial charge on any atom is 0.149 e. The van der Waals surface area contributed by atoms with Crippen molar-refractivity contribution < 1.29 is 0 Å². The van der Waals surface area contributed by atoms with Crippen LogP contribution in [0.4, 0.5) is 11.5 Å². The lowest BCUT2D eigenvalue weighted by molar-refractivity contribution is 0.751. The Bertz CT molecular complexity index is 810.